The highest BCUT2D eigenvalue weighted by atomic mass is 35.5. The zero-order valence-corrected chi connectivity index (χ0v) is 19.0. The predicted octanol–water partition coefficient (Wildman–Crippen LogP) is 3.93. The Labute approximate surface area is 201 Å². The molecule has 1 atom stereocenters. The summed E-state index contributed by atoms with van der Waals surface area (Å²) in [5.74, 6) is -1.42. The first kappa shape index (κ1) is 23.4. The lowest BCUT2D eigenvalue weighted by atomic mass is 10.0. The molecule has 4 rings (SSSR count). The van der Waals surface area contributed by atoms with Crippen molar-refractivity contribution in [2.45, 2.75) is 6.04 Å². The summed E-state index contributed by atoms with van der Waals surface area (Å²) in [6, 6.07) is 20.6. The Morgan fingerprint density at radius 1 is 0.824 bits per heavy atom. The molecule has 1 N–H and O–H groups in total. The van der Waals surface area contributed by atoms with Gasteiger partial charge in [-0.1, -0.05) is 60.1 Å². The van der Waals surface area contributed by atoms with Crippen LogP contribution in [0.4, 0.5) is 4.39 Å². The Morgan fingerprint density at radius 3 is 2.03 bits per heavy atom. The fraction of sp³-hybridized carbons (Fsp3) is 0.192. The molecule has 34 heavy (non-hydrogen) atoms. The number of benzene rings is 3. The number of amides is 3. The average Bonchev–Trinajstić information content (AvgIpc) is 2.87. The Bertz CT molecular complexity index is 1180. The van der Waals surface area contributed by atoms with Crippen molar-refractivity contribution in [1.82, 2.24) is 15.1 Å². The summed E-state index contributed by atoms with van der Waals surface area (Å²) in [4.78, 5) is 42.3. The van der Waals surface area contributed by atoms with Gasteiger partial charge in [0.15, 0.2) is 0 Å². The van der Waals surface area contributed by atoms with Crippen LogP contribution in [-0.4, -0.2) is 53.7 Å². The van der Waals surface area contributed by atoms with Crippen molar-refractivity contribution in [3.63, 3.8) is 0 Å². The fourth-order valence-electron chi connectivity index (χ4n) is 3.88. The summed E-state index contributed by atoms with van der Waals surface area (Å²) in [6.07, 6.45) is 0. The van der Waals surface area contributed by atoms with Gasteiger partial charge in [0, 0.05) is 31.7 Å². The maximum absolute atomic E-state index is 13.4. The summed E-state index contributed by atoms with van der Waals surface area (Å²) in [5.41, 5.74) is 1.36. The summed E-state index contributed by atoms with van der Waals surface area (Å²) >= 11 is 6.04. The van der Waals surface area contributed by atoms with Crippen LogP contribution in [0.15, 0.2) is 78.9 Å². The zero-order valence-electron chi connectivity index (χ0n) is 18.3. The van der Waals surface area contributed by atoms with Gasteiger partial charge in [-0.05, 0) is 35.9 Å². The van der Waals surface area contributed by atoms with Gasteiger partial charge in [0.05, 0.1) is 10.6 Å². The molecule has 0 bridgehead atoms. The lowest BCUT2D eigenvalue weighted by Gasteiger charge is -2.36. The second-order valence-electron chi connectivity index (χ2n) is 7.92. The molecule has 0 aromatic heterocycles. The van der Waals surface area contributed by atoms with Gasteiger partial charge in [0.2, 0.25) is 5.91 Å². The van der Waals surface area contributed by atoms with E-state index >= 15 is 0 Å². The van der Waals surface area contributed by atoms with Crippen molar-refractivity contribution in [1.29, 1.82) is 0 Å². The van der Waals surface area contributed by atoms with Crippen LogP contribution in [0.1, 0.15) is 32.3 Å². The van der Waals surface area contributed by atoms with Gasteiger partial charge >= 0.3 is 0 Å². The summed E-state index contributed by atoms with van der Waals surface area (Å²) in [5, 5.41) is 2.91. The van der Waals surface area contributed by atoms with Crippen LogP contribution in [-0.2, 0) is 4.79 Å². The van der Waals surface area contributed by atoms with E-state index in [0.717, 1.165) is 6.07 Å². The van der Waals surface area contributed by atoms with E-state index in [9.17, 15) is 18.8 Å². The molecule has 0 radical (unpaired) electrons. The van der Waals surface area contributed by atoms with E-state index in [4.69, 9.17) is 11.6 Å². The van der Waals surface area contributed by atoms with E-state index in [-0.39, 0.29) is 28.3 Å². The SMILES string of the molecule is O=C(NC(C(=O)N1CCN(C(=O)c2ccc(F)cc2Cl)CC1)c1ccccc1)c1ccccc1. The molecule has 1 aliphatic heterocycles. The third-order valence-corrected chi connectivity index (χ3v) is 6.04. The van der Waals surface area contributed by atoms with Crippen LogP contribution in [0, 0.1) is 5.82 Å². The van der Waals surface area contributed by atoms with Crippen molar-refractivity contribution in [2.75, 3.05) is 26.2 Å². The van der Waals surface area contributed by atoms with Gasteiger partial charge in [0.25, 0.3) is 11.8 Å². The van der Waals surface area contributed by atoms with Crippen LogP contribution in [0.5, 0.6) is 0 Å². The Kier molecular flexibility index (Phi) is 7.23. The monoisotopic (exact) mass is 479 g/mol. The van der Waals surface area contributed by atoms with Crippen molar-refractivity contribution >= 4 is 29.3 Å². The minimum absolute atomic E-state index is 0.0521. The maximum Gasteiger partial charge on any atom is 0.255 e. The van der Waals surface area contributed by atoms with Gasteiger partial charge in [-0.25, -0.2) is 4.39 Å². The average molecular weight is 480 g/mol. The molecule has 0 saturated carbocycles. The van der Waals surface area contributed by atoms with Crippen LogP contribution in [0.25, 0.3) is 0 Å². The number of hydrogen-bond donors (Lipinski definition) is 1. The largest absolute Gasteiger partial charge is 0.337 e. The molecule has 1 heterocycles. The van der Waals surface area contributed by atoms with Crippen LogP contribution >= 0.6 is 11.6 Å². The van der Waals surface area contributed by atoms with E-state index in [0.29, 0.717) is 37.3 Å². The molecule has 0 aliphatic carbocycles. The highest BCUT2D eigenvalue weighted by Gasteiger charge is 2.31. The second kappa shape index (κ2) is 10.5. The molecule has 8 heteroatoms. The first-order valence-electron chi connectivity index (χ1n) is 10.9. The number of carbonyl (C=O) groups excluding carboxylic acids is 3. The number of carbonyl (C=O) groups is 3. The second-order valence-corrected chi connectivity index (χ2v) is 8.33. The third-order valence-electron chi connectivity index (χ3n) is 5.73. The Balaban J connectivity index is 1.46. The van der Waals surface area contributed by atoms with E-state index in [1.165, 1.54) is 12.1 Å². The molecule has 3 aromatic carbocycles. The third kappa shape index (κ3) is 5.26. The zero-order chi connectivity index (χ0) is 24.1. The highest BCUT2D eigenvalue weighted by molar-refractivity contribution is 6.33. The van der Waals surface area contributed by atoms with Gasteiger partial charge in [-0.3, -0.25) is 14.4 Å². The Hall–Kier alpha value is -3.71. The van der Waals surface area contributed by atoms with E-state index in [1.54, 1.807) is 46.2 Å². The summed E-state index contributed by atoms with van der Waals surface area (Å²) < 4.78 is 13.3. The first-order chi connectivity index (χ1) is 16.4. The molecule has 0 spiro atoms. The maximum atomic E-state index is 13.4. The minimum Gasteiger partial charge on any atom is -0.337 e. The molecule has 1 saturated heterocycles. The van der Waals surface area contributed by atoms with Crippen molar-refractivity contribution in [3.8, 4) is 0 Å². The molecule has 3 amide bonds. The molecular weight excluding hydrogens is 457 g/mol. The van der Waals surface area contributed by atoms with Crippen molar-refractivity contribution in [2.24, 2.45) is 0 Å². The highest BCUT2D eigenvalue weighted by Crippen LogP contribution is 2.22. The molecule has 3 aromatic rings. The number of nitrogens with one attached hydrogen (secondary N) is 1. The topological polar surface area (TPSA) is 69.7 Å². The molecular formula is C26H23ClFN3O3. The number of halogens is 2. The number of piperazine rings is 1. The smallest absolute Gasteiger partial charge is 0.255 e. The molecule has 1 unspecified atom stereocenters. The number of nitrogens with zero attached hydrogens (tertiary/aromatic N) is 2. The van der Waals surface area contributed by atoms with Crippen LogP contribution in [0.2, 0.25) is 5.02 Å². The fourth-order valence-corrected chi connectivity index (χ4v) is 4.13. The summed E-state index contributed by atoms with van der Waals surface area (Å²) in [7, 11) is 0. The van der Waals surface area contributed by atoms with E-state index in [2.05, 4.69) is 5.32 Å². The van der Waals surface area contributed by atoms with Crippen molar-refractivity contribution in [3.05, 3.63) is 106 Å². The van der Waals surface area contributed by atoms with Gasteiger partial charge in [-0.2, -0.15) is 0 Å². The molecule has 1 aliphatic rings. The Morgan fingerprint density at radius 2 is 1.41 bits per heavy atom. The van der Waals surface area contributed by atoms with Crippen LogP contribution in [0.3, 0.4) is 0 Å². The predicted molar refractivity (Wildman–Crippen MR) is 127 cm³/mol. The lowest BCUT2D eigenvalue weighted by Crippen LogP contribution is -2.53. The first-order valence-corrected chi connectivity index (χ1v) is 11.3. The quantitative estimate of drug-likeness (QED) is 0.602. The van der Waals surface area contributed by atoms with Crippen LogP contribution < -0.4 is 5.32 Å². The number of rotatable bonds is 5. The van der Waals surface area contributed by atoms with Crippen molar-refractivity contribution < 1.29 is 18.8 Å². The van der Waals surface area contributed by atoms with E-state index in [1.807, 2.05) is 24.3 Å². The molecule has 1 fully saturated rings. The number of hydrogen-bond acceptors (Lipinski definition) is 3. The van der Waals surface area contributed by atoms with Gasteiger partial charge in [0.1, 0.15) is 11.9 Å². The standard InChI is InChI=1S/C26H23ClFN3O3/c27-22-17-20(28)11-12-21(22)25(33)30-13-15-31(16-14-30)26(34)23(18-7-3-1-4-8-18)29-24(32)19-9-5-2-6-10-19/h1-12,17,23H,13-16H2,(H,29,32). The van der Waals surface area contributed by atoms with Gasteiger partial charge in [-0.15, -0.1) is 0 Å². The van der Waals surface area contributed by atoms with Gasteiger partial charge < -0.3 is 15.1 Å². The normalized spacial score (nSPS) is 14.4. The lowest BCUT2D eigenvalue weighted by molar-refractivity contribution is -0.134. The molecule has 174 valence electrons. The minimum atomic E-state index is -0.859. The molecule has 6 nitrogen and oxygen atoms in total. The summed E-state index contributed by atoms with van der Waals surface area (Å²) in [6.45, 7) is 1.20. The van der Waals surface area contributed by atoms with E-state index < -0.39 is 11.9 Å².